The molecule has 33 heavy (non-hydrogen) atoms. The van der Waals surface area contributed by atoms with Gasteiger partial charge in [-0.25, -0.2) is 0 Å². The summed E-state index contributed by atoms with van der Waals surface area (Å²) in [6.45, 7) is 2.91. The van der Waals surface area contributed by atoms with Crippen LogP contribution in [0.2, 0.25) is 0 Å². The first-order chi connectivity index (χ1) is 16.0. The van der Waals surface area contributed by atoms with E-state index >= 15 is 0 Å². The number of amides is 1. The lowest BCUT2D eigenvalue weighted by Gasteiger charge is -2.37. The van der Waals surface area contributed by atoms with Gasteiger partial charge in [-0.2, -0.15) is 0 Å². The zero-order chi connectivity index (χ0) is 23.4. The van der Waals surface area contributed by atoms with Crippen molar-refractivity contribution in [2.24, 2.45) is 0 Å². The number of ether oxygens (including phenoxy) is 4. The lowest BCUT2D eigenvalue weighted by Crippen LogP contribution is -2.42. The fraction of sp³-hybridized carbons (Fsp3) is 0.296. The van der Waals surface area contributed by atoms with Crippen molar-refractivity contribution in [1.82, 2.24) is 4.90 Å². The zero-order valence-corrected chi connectivity index (χ0v) is 19.5. The van der Waals surface area contributed by atoms with Crippen LogP contribution in [0.5, 0.6) is 23.0 Å². The molecule has 6 heteroatoms. The van der Waals surface area contributed by atoms with Crippen LogP contribution >= 0.6 is 0 Å². The fourth-order valence-corrected chi connectivity index (χ4v) is 4.16. The number of aryl methyl sites for hydroxylation is 1. The first kappa shape index (κ1) is 22.5. The Labute approximate surface area is 194 Å². The van der Waals surface area contributed by atoms with Crippen LogP contribution < -0.4 is 18.9 Å². The average molecular weight is 448 g/mol. The minimum atomic E-state index is -0.274. The molecule has 1 amide bonds. The Morgan fingerprint density at radius 3 is 2.15 bits per heavy atom. The van der Waals surface area contributed by atoms with Crippen molar-refractivity contribution in [3.05, 3.63) is 82.9 Å². The van der Waals surface area contributed by atoms with Gasteiger partial charge in [0, 0.05) is 12.1 Å². The maximum atomic E-state index is 13.5. The minimum Gasteiger partial charge on any atom is -0.497 e. The molecule has 0 saturated carbocycles. The molecule has 6 nitrogen and oxygen atoms in total. The molecule has 1 aliphatic heterocycles. The van der Waals surface area contributed by atoms with Crippen molar-refractivity contribution in [1.29, 1.82) is 0 Å². The Morgan fingerprint density at radius 1 is 0.879 bits per heavy atom. The third kappa shape index (κ3) is 4.75. The maximum absolute atomic E-state index is 13.5. The monoisotopic (exact) mass is 447 g/mol. The second-order valence-electron chi connectivity index (χ2n) is 8.02. The molecule has 1 atom stereocenters. The number of hydrogen-bond acceptors (Lipinski definition) is 5. The Balaban J connectivity index is 1.68. The molecule has 0 N–H and O–H groups in total. The number of carbonyl (C=O) groups excluding carboxylic acids is 1. The van der Waals surface area contributed by atoms with Crippen LogP contribution in [-0.2, 0) is 6.42 Å². The Morgan fingerprint density at radius 2 is 1.52 bits per heavy atom. The predicted molar refractivity (Wildman–Crippen MR) is 127 cm³/mol. The minimum absolute atomic E-state index is 0.0150. The topological polar surface area (TPSA) is 57.2 Å². The molecule has 1 unspecified atom stereocenters. The van der Waals surface area contributed by atoms with E-state index in [2.05, 4.69) is 0 Å². The summed E-state index contributed by atoms with van der Waals surface area (Å²) in [6.07, 6.45) is 0.728. The van der Waals surface area contributed by atoms with Crippen molar-refractivity contribution in [2.75, 3.05) is 34.5 Å². The van der Waals surface area contributed by atoms with E-state index in [-0.39, 0.29) is 11.9 Å². The molecule has 0 radical (unpaired) electrons. The second kappa shape index (κ2) is 9.86. The molecule has 0 fully saturated rings. The summed E-state index contributed by atoms with van der Waals surface area (Å²) in [4.78, 5) is 15.4. The Hall–Kier alpha value is -3.67. The zero-order valence-electron chi connectivity index (χ0n) is 19.5. The summed E-state index contributed by atoms with van der Waals surface area (Å²) in [6, 6.07) is 18.8. The molecular formula is C27H29NO5. The number of fused-ring (bicyclic) bond motifs is 1. The molecule has 0 aromatic heterocycles. The second-order valence-corrected chi connectivity index (χ2v) is 8.02. The highest BCUT2D eigenvalue weighted by Crippen LogP contribution is 2.39. The van der Waals surface area contributed by atoms with Gasteiger partial charge >= 0.3 is 0 Å². The lowest BCUT2D eigenvalue weighted by atomic mass is 9.91. The molecule has 1 aliphatic rings. The highest BCUT2D eigenvalue weighted by Gasteiger charge is 2.33. The van der Waals surface area contributed by atoms with Crippen molar-refractivity contribution in [3.63, 3.8) is 0 Å². The molecular weight excluding hydrogens is 418 g/mol. The highest BCUT2D eigenvalue weighted by molar-refractivity contribution is 5.94. The van der Waals surface area contributed by atoms with Crippen molar-refractivity contribution in [2.45, 2.75) is 19.4 Å². The number of carbonyl (C=O) groups is 1. The van der Waals surface area contributed by atoms with Crippen LogP contribution in [-0.4, -0.2) is 45.3 Å². The van der Waals surface area contributed by atoms with Crippen LogP contribution in [0.15, 0.2) is 60.7 Å². The van der Waals surface area contributed by atoms with Gasteiger partial charge in [-0.1, -0.05) is 17.7 Å². The summed E-state index contributed by atoms with van der Waals surface area (Å²) >= 11 is 0. The van der Waals surface area contributed by atoms with E-state index in [0.717, 1.165) is 28.9 Å². The van der Waals surface area contributed by atoms with Gasteiger partial charge in [0.2, 0.25) is 0 Å². The normalized spacial score (nSPS) is 14.9. The van der Waals surface area contributed by atoms with Gasteiger partial charge in [-0.3, -0.25) is 4.79 Å². The van der Waals surface area contributed by atoms with Crippen molar-refractivity contribution in [3.8, 4) is 23.0 Å². The molecule has 0 saturated heterocycles. The number of rotatable bonds is 7. The summed E-state index contributed by atoms with van der Waals surface area (Å²) < 4.78 is 22.4. The summed E-state index contributed by atoms with van der Waals surface area (Å²) in [5.74, 6) is 2.78. The molecule has 4 rings (SSSR count). The predicted octanol–water partition coefficient (Wildman–Crippen LogP) is 4.84. The van der Waals surface area contributed by atoms with Crippen LogP contribution in [0.25, 0.3) is 0 Å². The van der Waals surface area contributed by atoms with Crippen molar-refractivity contribution >= 4 is 5.91 Å². The standard InChI is InChI=1S/C27H29NO5/c1-18-5-7-19(8-6-18)27(29)28-14-13-20-15-25(31-3)26(32-4)16-23(20)24(28)17-33-22-11-9-21(30-2)10-12-22/h5-12,15-16,24H,13-14,17H2,1-4H3. The summed E-state index contributed by atoms with van der Waals surface area (Å²) in [5.41, 5.74) is 3.92. The van der Waals surface area contributed by atoms with Gasteiger partial charge in [-0.05, 0) is 73.0 Å². The van der Waals surface area contributed by atoms with Gasteiger partial charge in [0.15, 0.2) is 11.5 Å². The van der Waals surface area contributed by atoms with Crippen LogP contribution in [0.4, 0.5) is 0 Å². The van der Waals surface area contributed by atoms with Crippen LogP contribution in [0, 0.1) is 6.92 Å². The van der Waals surface area contributed by atoms with E-state index < -0.39 is 0 Å². The number of methoxy groups -OCH3 is 3. The summed E-state index contributed by atoms with van der Waals surface area (Å²) in [5, 5.41) is 0. The van der Waals surface area contributed by atoms with Crippen LogP contribution in [0.1, 0.15) is 33.1 Å². The van der Waals surface area contributed by atoms with Gasteiger partial charge in [0.1, 0.15) is 18.1 Å². The number of hydrogen-bond donors (Lipinski definition) is 0. The lowest BCUT2D eigenvalue weighted by molar-refractivity contribution is 0.0589. The third-order valence-electron chi connectivity index (χ3n) is 6.03. The van der Waals surface area contributed by atoms with E-state index in [1.807, 2.05) is 72.5 Å². The van der Waals surface area contributed by atoms with E-state index in [9.17, 15) is 4.79 Å². The van der Waals surface area contributed by atoms with E-state index in [4.69, 9.17) is 18.9 Å². The maximum Gasteiger partial charge on any atom is 0.254 e. The van der Waals surface area contributed by atoms with Crippen molar-refractivity contribution < 1.29 is 23.7 Å². The van der Waals surface area contributed by atoms with Gasteiger partial charge in [0.25, 0.3) is 5.91 Å². The molecule has 3 aromatic rings. The van der Waals surface area contributed by atoms with Gasteiger partial charge < -0.3 is 23.8 Å². The van der Waals surface area contributed by atoms with E-state index in [1.165, 1.54) is 0 Å². The van der Waals surface area contributed by atoms with Gasteiger partial charge in [0.05, 0.1) is 27.4 Å². The smallest absolute Gasteiger partial charge is 0.254 e. The largest absolute Gasteiger partial charge is 0.497 e. The Kier molecular flexibility index (Phi) is 6.73. The SMILES string of the molecule is COc1ccc(OCC2c3cc(OC)c(OC)cc3CCN2C(=O)c2ccc(C)cc2)cc1. The number of nitrogens with zero attached hydrogens (tertiary/aromatic N) is 1. The fourth-order valence-electron chi connectivity index (χ4n) is 4.16. The number of benzene rings is 3. The molecule has 0 bridgehead atoms. The highest BCUT2D eigenvalue weighted by atomic mass is 16.5. The molecule has 0 aliphatic carbocycles. The van der Waals surface area contributed by atoms with Gasteiger partial charge in [-0.15, -0.1) is 0 Å². The molecule has 1 heterocycles. The van der Waals surface area contributed by atoms with E-state index in [0.29, 0.717) is 36.0 Å². The average Bonchev–Trinajstić information content (AvgIpc) is 2.86. The Bertz CT molecular complexity index is 1110. The quantitative estimate of drug-likeness (QED) is 0.519. The first-order valence-electron chi connectivity index (χ1n) is 10.9. The summed E-state index contributed by atoms with van der Waals surface area (Å²) in [7, 11) is 4.88. The molecule has 3 aromatic carbocycles. The third-order valence-corrected chi connectivity index (χ3v) is 6.03. The first-order valence-corrected chi connectivity index (χ1v) is 10.9. The molecule has 172 valence electrons. The van der Waals surface area contributed by atoms with E-state index in [1.54, 1.807) is 21.3 Å². The van der Waals surface area contributed by atoms with Crippen LogP contribution in [0.3, 0.4) is 0 Å². The molecule has 0 spiro atoms.